The molecule has 116 valence electrons. The molecule has 0 spiro atoms. The summed E-state index contributed by atoms with van der Waals surface area (Å²) in [6, 6.07) is 2.46. The van der Waals surface area contributed by atoms with Crippen molar-refractivity contribution in [3.05, 3.63) is 35.1 Å². The van der Waals surface area contributed by atoms with Gasteiger partial charge in [-0.15, -0.1) is 0 Å². The van der Waals surface area contributed by atoms with Crippen molar-refractivity contribution in [1.29, 1.82) is 0 Å². The van der Waals surface area contributed by atoms with Gasteiger partial charge in [0.1, 0.15) is 5.82 Å². The maximum Gasteiger partial charge on any atom is 0.419 e. The van der Waals surface area contributed by atoms with E-state index < -0.39 is 23.3 Å². The van der Waals surface area contributed by atoms with Gasteiger partial charge in [-0.2, -0.15) is 13.2 Å². The van der Waals surface area contributed by atoms with Gasteiger partial charge in [0.2, 0.25) is 0 Å². The lowest BCUT2D eigenvalue weighted by Gasteiger charge is -2.29. The molecule has 1 aromatic carbocycles. The van der Waals surface area contributed by atoms with Crippen LogP contribution in [0.3, 0.4) is 0 Å². The van der Waals surface area contributed by atoms with Gasteiger partial charge >= 0.3 is 6.18 Å². The Balaban J connectivity index is 2.09. The summed E-state index contributed by atoms with van der Waals surface area (Å²) < 4.78 is 51.0. The highest BCUT2D eigenvalue weighted by atomic mass is 19.4. The van der Waals surface area contributed by atoms with Gasteiger partial charge in [0.25, 0.3) is 0 Å². The number of nitrogens with zero attached hydrogens (tertiary/aromatic N) is 1. The summed E-state index contributed by atoms with van der Waals surface area (Å²) in [5.74, 6) is -1.82. The first-order valence-corrected chi connectivity index (χ1v) is 6.65. The molecule has 1 fully saturated rings. The molecule has 21 heavy (non-hydrogen) atoms. The average Bonchev–Trinajstić information content (AvgIpc) is 2.40. The Morgan fingerprint density at radius 3 is 2.48 bits per heavy atom. The lowest BCUT2D eigenvalue weighted by molar-refractivity contribution is -0.140. The van der Waals surface area contributed by atoms with Crippen molar-refractivity contribution in [2.24, 2.45) is 5.73 Å². The minimum Gasteiger partial charge on any atom is -0.328 e. The normalized spacial score (nSPS) is 18.0. The van der Waals surface area contributed by atoms with Crippen molar-refractivity contribution in [2.45, 2.75) is 25.1 Å². The standard InChI is InChI=1S/C14H16F4N2O/c15-12-2-1-9(7-11(12)14(16,17)18)13(21)8-20-5-3-10(19)4-6-20/h1-2,7,10H,3-6,8,19H2. The quantitative estimate of drug-likeness (QED) is 0.689. The highest BCUT2D eigenvalue weighted by molar-refractivity contribution is 5.97. The first-order chi connectivity index (χ1) is 9.77. The van der Waals surface area contributed by atoms with Crippen LogP contribution < -0.4 is 5.73 Å². The number of carbonyl (C=O) groups excluding carboxylic acids is 1. The maximum absolute atomic E-state index is 13.2. The van der Waals surface area contributed by atoms with Crippen molar-refractivity contribution in [2.75, 3.05) is 19.6 Å². The lowest BCUT2D eigenvalue weighted by Crippen LogP contribution is -2.41. The van der Waals surface area contributed by atoms with Crippen LogP contribution in [0.4, 0.5) is 17.6 Å². The van der Waals surface area contributed by atoms with Gasteiger partial charge in [-0.3, -0.25) is 9.69 Å². The molecule has 1 aliphatic rings. The van der Waals surface area contributed by atoms with Crippen molar-refractivity contribution in [3.63, 3.8) is 0 Å². The Morgan fingerprint density at radius 1 is 1.29 bits per heavy atom. The number of alkyl halides is 3. The number of ketones is 1. The molecule has 0 bridgehead atoms. The number of piperidine rings is 1. The van der Waals surface area contributed by atoms with Crippen molar-refractivity contribution in [1.82, 2.24) is 4.90 Å². The number of likely N-dealkylation sites (tertiary alicyclic amines) is 1. The van der Waals surface area contributed by atoms with E-state index in [-0.39, 0.29) is 18.2 Å². The maximum atomic E-state index is 13.2. The van der Waals surface area contributed by atoms with Crippen LogP contribution in [0.15, 0.2) is 18.2 Å². The summed E-state index contributed by atoms with van der Waals surface area (Å²) in [4.78, 5) is 13.9. The van der Waals surface area contributed by atoms with E-state index in [1.165, 1.54) is 0 Å². The third-order valence-electron chi connectivity index (χ3n) is 3.59. The molecular formula is C14H16F4N2O. The van der Waals surface area contributed by atoms with E-state index >= 15 is 0 Å². The number of nitrogens with two attached hydrogens (primary N) is 1. The Labute approximate surface area is 119 Å². The van der Waals surface area contributed by atoms with E-state index in [4.69, 9.17) is 5.73 Å². The molecule has 1 aromatic rings. The van der Waals surface area contributed by atoms with Crippen LogP contribution in [0, 0.1) is 5.82 Å². The number of carbonyl (C=O) groups is 1. The smallest absolute Gasteiger partial charge is 0.328 e. The molecule has 3 nitrogen and oxygen atoms in total. The summed E-state index contributed by atoms with van der Waals surface area (Å²) in [5, 5.41) is 0. The number of halogens is 4. The molecule has 2 N–H and O–H groups in total. The van der Waals surface area contributed by atoms with E-state index in [1.807, 2.05) is 4.90 Å². The van der Waals surface area contributed by atoms with Crippen LogP contribution in [0.2, 0.25) is 0 Å². The van der Waals surface area contributed by atoms with Crippen LogP contribution in [0.5, 0.6) is 0 Å². The zero-order valence-corrected chi connectivity index (χ0v) is 11.3. The van der Waals surface area contributed by atoms with E-state index in [9.17, 15) is 22.4 Å². The number of hydrogen-bond donors (Lipinski definition) is 1. The molecule has 1 aliphatic heterocycles. The van der Waals surface area contributed by atoms with Gasteiger partial charge in [-0.05, 0) is 31.0 Å². The first kappa shape index (κ1) is 15.9. The summed E-state index contributed by atoms with van der Waals surface area (Å²) in [6.45, 7) is 1.30. The predicted octanol–water partition coefficient (Wildman–Crippen LogP) is 2.45. The fraction of sp³-hybridized carbons (Fsp3) is 0.500. The molecule has 0 unspecified atom stereocenters. The molecule has 7 heteroatoms. The molecule has 0 radical (unpaired) electrons. The second-order valence-corrected chi connectivity index (χ2v) is 5.23. The van der Waals surface area contributed by atoms with Gasteiger partial charge < -0.3 is 5.73 Å². The molecule has 0 aromatic heterocycles. The molecule has 0 amide bonds. The molecule has 0 atom stereocenters. The second-order valence-electron chi connectivity index (χ2n) is 5.23. The Kier molecular flexibility index (Phi) is 4.63. The van der Waals surface area contributed by atoms with Gasteiger partial charge in [0, 0.05) is 24.7 Å². The van der Waals surface area contributed by atoms with Gasteiger partial charge in [-0.1, -0.05) is 0 Å². The third kappa shape index (κ3) is 4.01. The molecular weight excluding hydrogens is 288 g/mol. The van der Waals surface area contributed by atoms with Gasteiger partial charge in [0.05, 0.1) is 12.1 Å². The van der Waals surface area contributed by atoms with Gasteiger partial charge in [-0.25, -0.2) is 4.39 Å². The number of benzene rings is 1. The highest BCUT2D eigenvalue weighted by Crippen LogP contribution is 2.32. The molecule has 2 rings (SSSR count). The van der Waals surface area contributed by atoms with Crippen LogP contribution in [0.25, 0.3) is 0 Å². The molecule has 0 saturated carbocycles. The topological polar surface area (TPSA) is 46.3 Å². The second kappa shape index (κ2) is 6.11. The molecule has 0 aliphatic carbocycles. The summed E-state index contributed by atoms with van der Waals surface area (Å²) in [5.41, 5.74) is 4.21. The van der Waals surface area contributed by atoms with Crippen LogP contribution in [0.1, 0.15) is 28.8 Å². The molecule has 1 saturated heterocycles. The first-order valence-electron chi connectivity index (χ1n) is 6.65. The average molecular weight is 304 g/mol. The fourth-order valence-electron chi connectivity index (χ4n) is 2.32. The minimum atomic E-state index is -4.81. The van der Waals surface area contributed by atoms with E-state index in [0.29, 0.717) is 25.2 Å². The fourth-order valence-corrected chi connectivity index (χ4v) is 2.32. The van der Waals surface area contributed by atoms with Crippen molar-refractivity contribution >= 4 is 5.78 Å². The van der Waals surface area contributed by atoms with E-state index in [1.54, 1.807) is 0 Å². The SMILES string of the molecule is NC1CCN(CC(=O)c2ccc(F)c(C(F)(F)F)c2)CC1. The largest absolute Gasteiger partial charge is 0.419 e. The van der Waals surface area contributed by atoms with Crippen LogP contribution in [-0.4, -0.2) is 36.4 Å². The lowest BCUT2D eigenvalue weighted by atomic mass is 10.0. The zero-order chi connectivity index (χ0) is 15.6. The minimum absolute atomic E-state index is 0.0235. The van der Waals surface area contributed by atoms with E-state index in [0.717, 1.165) is 18.9 Å². The van der Waals surface area contributed by atoms with Crippen LogP contribution >= 0.6 is 0 Å². The zero-order valence-electron chi connectivity index (χ0n) is 11.3. The summed E-state index contributed by atoms with van der Waals surface area (Å²) >= 11 is 0. The van der Waals surface area contributed by atoms with Crippen molar-refractivity contribution < 1.29 is 22.4 Å². The van der Waals surface area contributed by atoms with Crippen LogP contribution in [-0.2, 0) is 6.18 Å². The molecule has 1 heterocycles. The number of rotatable bonds is 3. The summed E-state index contributed by atoms with van der Waals surface area (Å²) in [6.07, 6.45) is -3.30. The summed E-state index contributed by atoms with van der Waals surface area (Å²) in [7, 11) is 0. The Morgan fingerprint density at radius 2 is 1.90 bits per heavy atom. The van der Waals surface area contributed by atoms with Crippen molar-refractivity contribution in [3.8, 4) is 0 Å². The predicted molar refractivity (Wildman–Crippen MR) is 69.4 cm³/mol. The third-order valence-corrected chi connectivity index (χ3v) is 3.59. The highest BCUT2D eigenvalue weighted by Gasteiger charge is 2.34. The Hall–Kier alpha value is -1.47. The van der Waals surface area contributed by atoms with Gasteiger partial charge in [0.15, 0.2) is 5.78 Å². The number of hydrogen-bond acceptors (Lipinski definition) is 3. The number of Topliss-reactive ketones (excluding diaryl/α,β-unsaturated/α-hetero) is 1. The Bertz CT molecular complexity index is 522. The van der Waals surface area contributed by atoms with E-state index in [2.05, 4.69) is 0 Å². The monoisotopic (exact) mass is 304 g/mol.